The molecule has 6 heteroatoms. The number of H-pyrrole nitrogens is 1. The third kappa shape index (κ3) is 3.34. The van der Waals surface area contributed by atoms with Crippen molar-refractivity contribution in [2.24, 2.45) is 0 Å². The number of hydrogen-bond donors (Lipinski definition) is 2. The number of nitrogens with one attached hydrogen (secondary N) is 1. The Hall–Kier alpha value is -1.79. The van der Waals surface area contributed by atoms with Gasteiger partial charge in [-0.2, -0.15) is 5.10 Å². The number of halogens is 2. The molecule has 1 aromatic carbocycles. The molecule has 0 spiro atoms. The smallest absolute Gasteiger partial charge is 0.131 e. The molecule has 0 radical (unpaired) electrons. The molecule has 0 aliphatic carbocycles. The first-order valence-corrected chi connectivity index (χ1v) is 7.47. The number of hydrogen-bond acceptors (Lipinski definition) is 3. The molecule has 22 heavy (non-hydrogen) atoms. The average molecular weight is 307 g/mol. The van der Waals surface area contributed by atoms with Crippen LogP contribution in [0.1, 0.15) is 36.0 Å². The first-order valence-electron chi connectivity index (χ1n) is 7.47. The van der Waals surface area contributed by atoms with Gasteiger partial charge in [0.2, 0.25) is 0 Å². The number of aromatic amines is 1. The van der Waals surface area contributed by atoms with Gasteiger partial charge >= 0.3 is 0 Å². The second-order valence-electron chi connectivity index (χ2n) is 5.79. The van der Waals surface area contributed by atoms with Gasteiger partial charge in [-0.25, -0.2) is 8.78 Å². The molecule has 118 valence electrons. The van der Waals surface area contributed by atoms with Gasteiger partial charge in [-0.1, -0.05) is 6.07 Å². The molecule has 0 unspecified atom stereocenters. The molecule has 1 aliphatic rings. The Labute approximate surface area is 127 Å². The molecule has 0 saturated carbocycles. The van der Waals surface area contributed by atoms with Crippen molar-refractivity contribution >= 4 is 0 Å². The van der Waals surface area contributed by atoms with Gasteiger partial charge < -0.3 is 10.0 Å². The van der Waals surface area contributed by atoms with E-state index >= 15 is 0 Å². The van der Waals surface area contributed by atoms with Crippen LogP contribution in [0.5, 0.6) is 0 Å². The fraction of sp³-hybridized carbons (Fsp3) is 0.438. The van der Waals surface area contributed by atoms with Crippen molar-refractivity contribution in [1.29, 1.82) is 0 Å². The van der Waals surface area contributed by atoms with Crippen LogP contribution in [0, 0.1) is 11.6 Å². The molecule has 4 nitrogen and oxygen atoms in total. The minimum absolute atomic E-state index is 0.151. The van der Waals surface area contributed by atoms with E-state index in [1.807, 2.05) is 12.4 Å². The Kier molecular flexibility index (Phi) is 4.49. The zero-order valence-corrected chi connectivity index (χ0v) is 12.2. The number of aromatic nitrogens is 2. The summed E-state index contributed by atoms with van der Waals surface area (Å²) in [5.74, 6) is -0.843. The van der Waals surface area contributed by atoms with E-state index in [2.05, 4.69) is 15.1 Å². The van der Waals surface area contributed by atoms with Crippen LogP contribution in [0.2, 0.25) is 0 Å². The van der Waals surface area contributed by atoms with Crippen LogP contribution >= 0.6 is 0 Å². The van der Waals surface area contributed by atoms with Gasteiger partial charge in [0, 0.05) is 24.4 Å². The van der Waals surface area contributed by atoms with E-state index in [9.17, 15) is 13.9 Å². The molecule has 2 heterocycles. The number of aliphatic hydroxyl groups is 1. The second kappa shape index (κ2) is 6.54. The minimum Gasteiger partial charge on any atom is -0.387 e. The molecule has 1 saturated heterocycles. The van der Waals surface area contributed by atoms with E-state index < -0.39 is 17.7 Å². The fourth-order valence-corrected chi connectivity index (χ4v) is 3.05. The topological polar surface area (TPSA) is 52.1 Å². The molecule has 1 aromatic heterocycles. The molecule has 1 aliphatic heterocycles. The van der Waals surface area contributed by atoms with Gasteiger partial charge in [0.15, 0.2) is 0 Å². The molecular formula is C16H19F2N3O. The largest absolute Gasteiger partial charge is 0.387 e. The van der Waals surface area contributed by atoms with Crippen LogP contribution in [0.25, 0.3) is 0 Å². The maximum atomic E-state index is 13.7. The number of piperidine rings is 1. The summed E-state index contributed by atoms with van der Waals surface area (Å²) in [5.41, 5.74) is 1.36. The van der Waals surface area contributed by atoms with E-state index in [4.69, 9.17) is 0 Å². The highest BCUT2D eigenvalue weighted by Crippen LogP contribution is 2.28. The molecule has 0 bridgehead atoms. The first-order chi connectivity index (χ1) is 10.6. The summed E-state index contributed by atoms with van der Waals surface area (Å²) in [7, 11) is 0. The SMILES string of the molecule is O[C@H](CN1CCC(c2cn[nH]c2)CC1)c1ccc(F)cc1F. The van der Waals surface area contributed by atoms with E-state index in [1.165, 1.54) is 17.7 Å². The van der Waals surface area contributed by atoms with Crippen LogP contribution in [0.4, 0.5) is 8.78 Å². The van der Waals surface area contributed by atoms with E-state index in [1.54, 1.807) is 0 Å². The highest BCUT2D eigenvalue weighted by atomic mass is 19.1. The highest BCUT2D eigenvalue weighted by molar-refractivity contribution is 5.21. The zero-order chi connectivity index (χ0) is 15.5. The predicted octanol–water partition coefficient (Wildman–Crippen LogP) is 2.60. The Morgan fingerprint density at radius 2 is 2.09 bits per heavy atom. The third-order valence-corrected chi connectivity index (χ3v) is 4.33. The number of nitrogens with zero attached hydrogens (tertiary/aromatic N) is 2. The number of aliphatic hydroxyl groups excluding tert-OH is 1. The fourth-order valence-electron chi connectivity index (χ4n) is 3.05. The highest BCUT2D eigenvalue weighted by Gasteiger charge is 2.24. The lowest BCUT2D eigenvalue weighted by molar-refractivity contribution is 0.0947. The van der Waals surface area contributed by atoms with Gasteiger partial charge in [0.05, 0.1) is 12.3 Å². The van der Waals surface area contributed by atoms with Gasteiger partial charge in [0.1, 0.15) is 11.6 Å². The molecule has 2 aromatic rings. The standard InChI is InChI=1S/C16H19F2N3O/c17-13-1-2-14(15(18)7-13)16(22)10-21-5-3-11(4-6-21)12-8-19-20-9-12/h1-2,7-9,11,16,22H,3-6,10H2,(H,19,20)/t16-/m1/s1. The van der Waals surface area contributed by atoms with E-state index in [0.29, 0.717) is 12.5 Å². The summed E-state index contributed by atoms with van der Waals surface area (Å²) >= 11 is 0. The van der Waals surface area contributed by atoms with Crippen LogP contribution in [0.15, 0.2) is 30.6 Å². The monoisotopic (exact) mass is 307 g/mol. The van der Waals surface area contributed by atoms with Crippen LogP contribution in [0.3, 0.4) is 0 Å². The second-order valence-corrected chi connectivity index (χ2v) is 5.79. The van der Waals surface area contributed by atoms with Crippen molar-refractivity contribution < 1.29 is 13.9 Å². The minimum atomic E-state index is -0.939. The third-order valence-electron chi connectivity index (χ3n) is 4.33. The maximum absolute atomic E-state index is 13.7. The van der Waals surface area contributed by atoms with E-state index in [-0.39, 0.29) is 5.56 Å². The molecule has 3 rings (SSSR count). The van der Waals surface area contributed by atoms with E-state index in [0.717, 1.165) is 32.0 Å². The molecule has 1 fully saturated rings. The number of rotatable bonds is 4. The summed E-state index contributed by atoms with van der Waals surface area (Å²) in [5, 5.41) is 17.0. The van der Waals surface area contributed by atoms with Crippen molar-refractivity contribution in [3.05, 3.63) is 53.4 Å². The molecule has 1 atom stereocenters. The summed E-state index contributed by atoms with van der Waals surface area (Å²) in [6.07, 6.45) is 4.80. The Morgan fingerprint density at radius 3 is 2.73 bits per heavy atom. The number of benzene rings is 1. The van der Waals surface area contributed by atoms with Gasteiger partial charge in [-0.3, -0.25) is 5.10 Å². The predicted molar refractivity (Wildman–Crippen MR) is 78.3 cm³/mol. The number of β-amino-alcohol motifs (C(OH)–C–C–N with tert-alkyl or cyclic N) is 1. The Balaban J connectivity index is 1.56. The van der Waals surface area contributed by atoms with Crippen molar-refractivity contribution in [3.8, 4) is 0 Å². The summed E-state index contributed by atoms with van der Waals surface area (Å²) in [4.78, 5) is 2.12. The quantitative estimate of drug-likeness (QED) is 0.913. The molecular weight excluding hydrogens is 288 g/mol. The Morgan fingerprint density at radius 1 is 1.32 bits per heavy atom. The van der Waals surface area contributed by atoms with Crippen LogP contribution in [-0.2, 0) is 0 Å². The summed E-state index contributed by atoms with van der Waals surface area (Å²) < 4.78 is 26.6. The maximum Gasteiger partial charge on any atom is 0.131 e. The lowest BCUT2D eigenvalue weighted by Gasteiger charge is -2.32. The lowest BCUT2D eigenvalue weighted by atomic mass is 9.91. The zero-order valence-electron chi connectivity index (χ0n) is 12.2. The number of likely N-dealkylation sites (tertiary alicyclic amines) is 1. The lowest BCUT2D eigenvalue weighted by Crippen LogP contribution is -2.36. The van der Waals surface area contributed by atoms with Crippen LogP contribution < -0.4 is 0 Å². The van der Waals surface area contributed by atoms with Crippen LogP contribution in [-0.4, -0.2) is 39.8 Å². The van der Waals surface area contributed by atoms with Gasteiger partial charge in [-0.15, -0.1) is 0 Å². The van der Waals surface area contributed by atoms with Crippen molar-refractivity contribution in [2.75, 3.05) is 19.6 Å². The molecule has 0 amide bonds. The average Bonchev–Trinajstić information content (AvgIpc) is 3.02. The van der Waals surface area contributed by atoms with Crippen molar-refractivity contribution in [3.63, 3.8) is 0 Å². The Bertz CT molecular complexity index is 610. The molecule has 2 N–H and O–H groups in total. The first kappa shape index (κ1) is 15.1. The van der Waals surface area contributed by atoms with Crippen molar-refractivity contribution in [2.45, 2.75) is 24.9 Å². The van der Waals surface area contributed by atoms with Gasteiger partial charge in [-0.05, 0) is 43.5 Å². The van der Waals surface area contributed by atoms with Gasteiger partial charge in [0.25, 0.3) is 0 Å². The van der Waals surface area contributed by atoms with Crippen molar-refractivity contribution in [1.82, 2.24) is 15.1 Å². The normalized spacial score (nSPS) is 18.5. The summed E-state index contributed by atoms with van der Waals surface area (Å²) in [6, 6.07) is 3.30. The summed E-state index contributed by atoms with van der Waals surface area (Å²) in [6.45, 7) is 2.05.